The van der Waals surface area contributed by atoms with Crippen LogP contribution in [-0.4, -0.2) is 29.3 Å². The van der Waals surface area contributed by atoms with Gasteiger partial charge in [-0.2, -0.15) is 0 Å². The first-order valence-corrected chi connectivity index (χ1v) is 6.13. The fourth-order valence-electron chi connectivity index (χ4n) is 1.88. The molecular weight excluding hydrogens is 293 g/mol. The average molecular weight is 305 g/mol. The largest absolute Gasteiger partial charge is 0.497 e. The number of benzene rings is 2. The number of nitrogens with one attached hydrogen (secondary N) is 1. The Hall–Kier alpha value is -3.09. The smallest absolute Gasteiger partial charge is 0.337 e. The third kappa shape index (κ3) is 3.14. The predicted octanol–water partition coefficient (Wildman–Crippen LogP) is 2.97. The molecule has 7 heteroatoms. The molecule has 0 aliphatic rings. The van der Waals surface area contributed by atoms with Gasteiger partial charge in [-0.1, -0.05) is 0 Å². The predicted molar refractivity (Wildman–Crippen MR) is 76.6 cm³/mol. The number of anilines is 2. The van der Waals surface area contributed by atoms with Crippen LogP contribution in [0.5, 0.6) is 5.75 Å². The summed E-state index contributed by atoms with van der Waals surface area (Å²) in [6.07, 6.45) is 0. The lowest BCUT2D eigenvalue weighted by Crippen LogP contribution is -2.07. The molecule has 6 nitrogen and oxygen atoms in total. The first-order chi connectivity index (χ1) is 10.4. The molecule has 0 aromatic heterocycles. The Morgan fingerprint density at radius 2 is 1.55 bits per heavy atom. The van der Waals surface area contributed by atoms with Crippen LogP contribution in [0.25, 0.3) is 0 Å². The molecule has 0 fully saturated rings. The second-order valence-corrected chi connectivity index (χ2v) is 4.34. The lowest BCUT2D eigenvalue weighted by Gasteiger charge is -2.13. The van der Waals surface area contributed by atoms with Crippen molar-refractivity contribution in [3.8, 4) is 5.75 Å². The highest BCUT2D eigenvalue weighted by atomic mass is 19.1. The van der Waals surface area contributed by atoms with E-state index in [0.717, 1.165) is 12.1 Å². The van der Waals surface area contributed by atoms with Crippen molar-refractivity contribution in [3.05, 3.63) is 53.3 Å². The maximum atomic E-state index is 13.2. The zero-order chi connectivity index (χ0) is 16.3. The molecule has 2 aromatic carbocycles. The zero-order valence-corrected chi connectivity index (χ0v) is 11.5. The van der Waals surface area contributed by atoms with Crippen LogP contribution >= 0.6 is 0 Å². The van der Waals surface area contributed by atoms with Gasteiger partial charge in [0.2, 0.25) is 0 Å². The van der Waals surface area contributed by atoms with Crippen molar-refractivity contribution in [2.45, 2.75) is 0 Å². The Morgan fingerprint density at radius 3 is 2.09 bits per heavy atom. The molecule has 2 rings (SSSR count). The summed E-state index contributed by atoms with van der Waals surface area (Å²) in [6.45, 7) is 0. The fraction of sp³-hybridized carbons (Fsp3) is 0.0667. The molecule has 0 aliphatic heterocycles. The second kappa shape index (κ2) is 6.13. The monoisotopic (exact) mass is 305 g/mol. The molecule has 0 heterocycles. The number of rotatable bonds is 5. The first kappa shape index (κ1) is 15.3. The SMILES string of the molecule is COc1ccc(Nc2ccc(F)cc2C(=O)O)c(C(=O)O)c1. The second-order valence-electron chi connectivity index (χ2n) is 4.34. The van der Waals surface area contributed by atoms with Gasteiger partial charge in [0.15, 0.2) is 0 Å². The number of ether oxygens (including phenoxy) is 1. The van der Waals surface area contributed by atoms with E-state index in [-0.39, 0.29) is 22.5 Å². The van der Waals surface area contributed by atoms with Crippen LogP contribution in [0.15, 0.2) is 36.4 Å². The lowest BCUT2D eigenvalue weighted by molar-refractivity contribution is 0.0687. The topological polar surface area (TPSA) is 95.9 Å². The number of carboxylic acids is 2. The fourth-order valence-corrected chi connectivity index (χ4v) is 1.88. The third-order valence-electron chi connectivity index (χ3n) is 2.94. The van der Waals surface area contributed by atoms with Gasteiger partial charge in [0.05, 0.1) is 29.6 Å². The molecule has 0 amide bonds. The molecule has 0 aliphatic carbocycles. The molecule has 22 heavy (non-hydrogen) atoms. The van der Waals surface area contributed by atoms with Crippen molar-refractivity contribution < 1.29 is 28.9 Å². The number of methoxy groups -OCH3 is 1. The van der Waals surface area contributed by atoms with E-state index in [0.29, 0.717) is 5.75 Å². The highest BCUT2D eigenvalue weighted by Crippen LogP contribution is 2.27. The molecule has 0 radical (unpaired) electrons. The van der Waals surface area contributed by atoms with E-state index >= 15 is 0 Å². The van der Waals surface area contributed by atoms with Crippen LogP contribution in [0.3, 0.4) is 0 Å². The van der Waals surface area contributed by atoms with Crippen molar-refractivity contribution in [1.29, 1.82) is 0 Å². The minimum atomic E-state index is -1.33. The van der Waals surface area contributed by atoms with Crippen molar-refractivity contribution in [2.24, 2.45) is 0 Å². The summed E-state index contributed by atoms with van der Waals surface area (Å²) in [5.41, 5.74) is -0.142. The molecule has 3 N–H and O–H groups in total. The molecule has 2 aromatic rings. The standard InChI is InChI=1S/C15H12FNO5/c1-22-9-3-5-13(11(7-9)15(20)21)17-12-4-2-8(16)6-10(12)14(18)19/h2-7,17H,1H3,(H,18,19)(H,20,21). The molecule has 0 spiro atoms. The minimum absolute atomic E-state index is 0.0848. The number of aromatic carboxylic acids is 2. The van der Waals surface area contributed by atoms with Crippen LogP contribution < -0.4 is 10.1 Å². The van der Waals surface area contributed by atoms with Crippen molar-refractivity contribution in [1.82, 2.24) is 0 Å². The summed E-state index contributed by atoms with van der Waals surface area (Å²) in [4.78, 5) is 22.4. The van der Waals surface area contributed by atoms with Crippen LogP contribution in [-0.2, 0) is 0 Å². The van der Waals surface area contributed by atoms with E-state index in [2.05, 4.69) is 5.32 Å². The Labute approximate surface area is 124 Å². The van der Waals surface area contributed by atoms with Gasteiger partial charge in [0, 0.05) is 0 Å². The molecule has 0 unspecified atom stereocenters. The van der Waals surface area contributed by atoms with Gasteiger partial charge in [-0.25, -0.2) is 14.0 Å². The Balaban J connectivity index is 2.47. The van der Waals surface area contributed by atoms with Crippen molar-refractivity contribution >= 4 is 23.3 Å². The summed E-state index contributed by atoms with van der Waals surface area (Å²) in [5, 5.41) is 21.0. The molecule has 114 valence electrons. The third-order valence-corrected chi connectivity index (χ3v) is 2.94. The minimum Gasteiger partial charge on any atom is -0.497 e. The lowest BCUT2D eigenvalue weighted by atomic mass is 10.1. The van der Waals surface area contributed by atoms with Gasteiger partial charge in [-0.3, -0.25) is 0 Å². The van der Waals surface area contributed by atoms with E-state index in [1.807, 2.05) is 0 Å². The van der Waals surface area contributed by atoms with Gasteiger partial charge >= 0.3 is 11.9 Å². The molecule has 0 atom stereocenters. The summed E-state index contributed by atoms with van der Waals surface area (Å²) < 4.78 is 18.1. The summed E-state index contributed by atoms with van der Waals surface area (Å²) >= 11 is 0. The van der Waals surface area contributed by atoms with E-state index in [1.54, 1.807) is 0 Å². The van der Waals surface area contributed by atoms with Gasteiger partial charge in [-0.15, -0.1) is 0 Å². The van der Waals surface area contributed by atoms with Gasteiger partial charge in [0.25, 0.3) is 0 Å². The Kier molecular flexibility index (Phi) is 4.26. The Morgan fingerprint density at radius 1 is 1.00 bits per heavy atom. The molecule has 0 saturated heterocycles. The van der Waals surface area contributed by atoms with E-state index < -0.39 is 17.8 Å². The number of hydrogen-bond donors (Lipinski definition) is 3. The van der Waals surface area contributed by atoms with Crippen LogP contribution in [0, 0.1) is 5.82 Å². The van der Waals surface area contributed by atoms with E-state index in [4.69, 9.17) is 9.84 Å². The van der Waals surface area contributed by atoms with Crippen molar-refractivity contribution in [3.63, 3.8) is 0 Å². The number of carbonyl (C=O) groups is 2. The average Bonchev–Trinajstić information content (AvgIpc) is 2.49. The van der Waals surface area contributed by atoms with Gasteiger partial charge in [0.1, 0.15) is 11.6 Å². The highest BCUT2D eigenvalue weighted by molar-refractivity contribution is 5.99. The van der Waals surface area contributed by atoms with Crippen LogP contribution in [0.1, 0.15) is 20.7 Å². The Bertz CT molecular complexity index is 745. The van der Waals surface area contributed by atoms with Gasteiger partial charge in [-0.05, 0) is 36.4 Å². The summed E-state index contributed by atoms with van der Waals surface area (Å²) in [6, 6.07) is 7.44. The van der Waals surface area contributed by atoms with E-state index in [9.17, 15) is 19.1 Å². The first-order valence-electron chi connectivity index (χ1n) is 6.13. The van der Waals surface area contributed by atoms with Gasteiger partial charge < -0.3 is 20.3 Å². The molecular formula is C15H12FNO5. The molecule has 0 bridgehead atoms. The maximum absolute atomic E-state index is 13.2. The quantitative estimate of drug-likeness (QED) is 0.786. The highest BCUT2D eigenvalue weighted by Gasteiger charge is 2.16. The number of carboxylic acid groups (broad SMARTS) is 2. The maximum Gasteiger partial charge on any atom is 0.337 e. The normalized spacial score (nSPS) is 10.1. The molecule has 0 saturated carbocycles. The van der Waals surface area contributed by atoms with Crippen LogP contribution in [0.2, 0.25) is 0 Å². The summed E-state index contributed by atoms with van der Waals surface area (Å²) in [7, 11) is 1.40. The van der Waals surface area contributed by atoms with E-state index in [1.165, 1.54) is 31.4 Å². The number of hydrogen-bond acceptors (Lipinski definition) is 4. The van der Waals surface area contributed by atoms with Crippen molar-refractivity contribution in [2.75, 3.05) is 12.4 Å². The summed E-state index contributed by atoms with van der Waals surface area (Å²) in [5.74, 6) is -2.88. The van der Waals surface area contributed by atoms with Crippen LogP contribution in [0.4, 0.5) is 15.8 Å². The zero-order valence-electron chi connectivity index (χ0n) is 11.5. The number of halogens is 1.